The third-order valence-corrected chi connectivity index (χ3v) is 4.66. The van der Waals surface area contributed by atoms with Crippen LogP contribution in [0.15, 0.2) is 22.7 Å². The number of benzene rings is 1. The maximum Gasteiger partial charge on any atom is 0.149 e. The Bertz CT molecular complexity index is 559. The van der Waals surface area contributed by atoms with Crippen LogP contribution in [0.3, 0.4) is 0 Å². The van der Waals surface area contributed by atoms with E-state index in [1.165, 1.54) is 17.4 Å². The van der Waals surface area contributed by atoms with Gasteiger partial charge < -0.3 is 5.32 Å². The summed E-state index contributed by atoms with van der Waals surface area (Å²) in [6, 6.07) is 5.15. The Morgan fingerprint density at radius 3 is 2.84 bits per heavy atom. The molecule has 1 aromatic carbocycles. The summed E-state index contributed by atoms with van der Waals surface area (Å²) in [6.07, 6.45) is 0.951. The molecule has 0 amide bonds. The predicted molar refractivity (Wildman–Crippen MR) is 79.7 cm³/mol. The Balaban J connectivity index is 2.32. The van der Waals surface area contributed by atoms with Gasteiger partial charge in [-0.1, -0.05) is 37.3 Å². The number of nitrogens with one attached hydrogen (secondary N) is 1. The predicted octanol–water partition coefficient (Wildman–Crippen LogP) is 4.17. The van der Waals surface area contributed by atoms with Gasteiger partial charge in [0.2, 0.25) is 0 Å². The first-order valence-electron chi connectivity index (χ1n) is 6.18. The highest BCUT2D eigenvalue weighted by Crippen LogP contribution is 2.33. The second-order valence-electron chi connectivity index (χ2n) is 4.07. The fraction of sp³-hybridized carbons (Fsp3) is 0.385. The lowest BCUT2D eigenvalue weighted by atomic mass is 10.2. The highest BCUT2D eigenvalue weighted by Gasteiger charge is 2.17. The van der Waals surface area contributed by atoms with Crippen molar-refractivity contribution in [1.29, 1.82) is 0 Å². The van der Waals surface area contributed by atoms with Gasteiger partial charge in [-0.05, 0) is 35.0 Å². The van der Waals surface area contributed by atoms with Gasteiger partial charge >= 0.3 is 0 Å². The SMILES string of the molecule is CCNC(CC)c1nnc(-c2cccc(F)c2Br)s1. The summed E-state index contributed by atoms with van der Waals surface area (Å²) in [5, 5.41) is 13.4. The summed E-state index contributed by atoms with van der Waals surface area (Å²) >= 11 is 4.76. The van der Waals surface area contributed by atoms with Crippen LogP contribution in [-0.2, 0) is 0 Å². The summed E-state index contributed by atoms with van der Waals surface area (Å²) in [5.41, 5.74) is 0.745. The fourth-order valence-electron chi connectivity index (χ4n) is 1.81. The molecule has 0 spiro atoms. The van der Waals surface area contributed by atoms with Gasteiger partial charge in [-0.15, -0.1) is 10.2 Å². The second-order valence-corrected chi connectivity index (χ2v) is 5.87. The van der Waals surface area contributed by atoms with Gasteiger partial charge in [-0.3, -0.25) is 0 Å². The molecule has 1 N–H and O–H groups in total. The highest BCUT2D eigenvalue weighted by molar-refractivity contribution is 9.10. The molecule has 0 aliphatic heterocycles. The minimum atomic E-state index is -0.284. The van der Waals surface area contributed by atoms with Crippen molar-refractivity contribution in [3.8, 4) is 10.6 Å². The van der Waals surface area contributed by atoms with Crippen molar-refractivity contribution in [3.63, 3.8) is 0 Å². The Kier molecular flexibility index (Phi) is 5.01. The van der Waals surface area contributed by atoms with E-state index in [0.29, 0.717) is 4.47 Å². The van der Waals surface area contributed by atoms with Crippen LogP contribution in [0.2, 0.25) is 0 Å². The van der Waals surface area contributed by atoms with Gasteiger partial charge in [0.1, 0.15) is 15.8 Å². The molecule has 0 saturated carbocycles. The van der Waals surface area contributed by atoms with Gasteiger partial charge in [0.25, 0.3) is 0 Å². The second kappa shape index (κ2) is 6.54. The summed E-state index contributed by atoms with van der Waals surface area (Å²) in [4.78, 5) is 0. The quantitative estimate of drug-likeness (QED) is 0.885. The Labute approximate surface area is 124 Å². The summed E-state index contributed by atoms with van der Waals surface area (Å²) < 4.78 is 14.0. The first kappa shape index (κ1) is 14.6. The van der Waals surface area contributed by atoms with Crippen LogP contribution in [0.1, 0.15) is 31.3 Å². The van der Waals surface area contributed by atoms with Crippen molar-refractivity contribution in [2.75, 3.05) is 6.54 Å². The molecule has 0 fully saturated rings. The van der Waals surface area contributed by atoms with E-state index in [-0.39, 0.29) is 11.9 Å². The van der Waals surface area contributed by atoms with E-state index in [1.54, 1.807) is 6.07 Å². The topological polar surface area (TPSA) is 37.8 Å². The van der Waals surface area contributed by atoms with E-state index in [0.717, 1.165) is 28.5 Å². The summed E-state index contributed by atoms with van der Waals surface area (Å²) in [7, 11) is 0. The molecule has 0 aliphatic rings. The first-order valence-corrected chi connectivity index (χ1v) is 7.79. The van der Waals surface area contributed by atoms with Crippen molar-refractivity contribution in [2.45, 2.75) is 26.3 Å². The van der Waals surface area contributed by atoms with Crippen molar-refractivity contribution in [2.24, 2.45) is 0 Å². The van der Waals surface area contributed by atoms with Crippen LogP contribution in [0, 0.1) is 5.82 Å². The van der Waals surface area contributed by atoms with Crippen molar-refractivity contribution < 1.29 is 4.39 Å². The van der Waals surface area contributed by atoms with Gasteiger partial charge in [-0.2, -0.15) is 0 Å². The lowest BCUT2D eigenvalue weighted by Crippen LogP contribution is -2.19. The molecule has 2 rings (SSSR count). The van der Waals surface area contributed by atoms with Crippen molar-refractivity contribution in [1.82, 2.24) is 15.5 Å². The molecule has 19 heavy (non-hydrogen) atoms. The number of hydrogen-bond acceptors (Lipinski definition) is 4. The van der Waals surface area contributed by atoms with Gasteiger partial charge in [-0.25, -0.2) is 4.39 Å². The van der Waals surface area contributed by atoms with Crippen molar-refractivity contribution in [3.05, 3.63) is 33.5 Å². The molecule has 1 heterocycles. The maximum atomic E-state index is 13.5. The smallest absolute Gasteiger partial charge is 0.149 e. The summed E-state index contributed by atoms with van der Waals surface area (Å²) in [5.74, 6) is -0.284. The minimum absolute atomic E-state index is 0.212. The lowest BCUT2D eigenvalue weighted by Gasteiger charge is -2.11. The van der Waals surface area contributed by atoms with Crippen LogP contribution in [0.4, 0.5) is 4.39 Å². The molecule has 2 aromatic rings. The maximum absolute atomic E-state index is 13.5. The lowest BCUT2D eigenvalue weighted by molar-refractivity contribution is 0.531. The first-order chi connectivity index (χ1) is 9.17. The molecular weight excluding hydrogens is 329 g/mol. The van der Waals surface area contributed by atoms with Gasteiger partial charge in [0.05, 0.1) is 10.5 Å². The number of hydrogen-bond donors (Lipinski definition) is 1. The van der Waals surface area contributed by atoms with Crippen LogP contribution in [0.25, 0.3) is 10.6 Å². The Morgan fingerprint density at radius 2 is 2.16 bits per heavy atom. The van der Waals surface area contributed by atoms with E-state index >= 15 is 0 Å². The highest BCUT2D eigenvalue weighted by atomic mass is 79.9. The molecule has 0 saturated heterocycles. The normalized spacial score (nSPS) is 12.6. The zero-order valence-electron chi connectivity index (χ0n) is 10.8. The van der Waals surface area contributed by atoms with Crippen LogP contribution in [-0.4, -0.2) is 16.7 Å². The van der Waals surface area contributed by atoms with Crippen LogP contribution < -0.4 is 5.32 Å². The van der Waals surface area contributed by atoms with E-state index in [4.69, 9.17) is 0 Å². The molecule has 0 radical (unpaired) electrons. The van der Waals surface area contributed by atoms with Crippen LogP contribution >= 0.6 is 27.3 Å². The third kappa shape index (κ3) is 3.19. The monoisotopic (exact) mass is 343 g/mol. The molecule has 6 heteroatoms. The molecule has 3 nitrogen and oxygen atoms in total. The van der Waals surface area contributed by atoms with Crippen molar-refractivity contribution >= 4 is 27.3 Å². The van der Waals surface area contributed by atoms with E-state index in [2.05, 4.69) is 45.3 Å². The standard InChI is InChI=1S/C13H15BrFN3S/c1-3-10(16-4-2)13-18-17-12(19-13)8-6-5-7-9(15)11(8)14/h5-7,10,16H,3-4H2,1-2H3. The number of rotatable bonds is 5. The van der Waals surface area contributed by atoms with E-state index in [9.17, 15) is 4.39 Å². The fourth-order valence-corrected chi connectivity index (χ4v) is 3.42. The van der Waals surface area contributed by atoms with Crippen LogP contribution in [0.5, 0.6) is 0 Å². The largest absolute Gasteiger partial charge is 0.308 e. The average Bonchev–Trinajstić information content (AvgIpc) is 2.88. The molecular formula is C13H15BrFN3S. The average molecular weight is 344 g/mol. The molecule has 1 aromatic heterocycles. The molecule has 0 aliphatic carbocycles. The number of aromatic nitrogens is 2. The molecule has 102 valence electrons. The minimum Gasteiger partial charge on any atom is -0.308 e. The zero-order valence-corrected chi connectivity index (χ0v) is 13.2. The molecule has 0 bridgehead atoms. The number of nitrogens with zero attached hydrogens (tertiary/aromatic N) is 2. The van der Waals surface area contributed by atoms with E-state index in [1.807, 2.05) is 6.07 Å². The number of halogens is 2. The zero-order chi connectivity index (χ0) is 13.8. The van der Waals surface area contributed by atoms with E-state index < -0.39 is 0 Å². The summed E-state index contributed by atoms with van der Waals surface area (Å²) in [6.45, 7) is 5.05. The third-order valence-electron chi connectivity index (χ3n) is 2.78. The molecule has 1 unspecified atom stereocenters. The van der Waals surface area contributed by atoms with Gasteiger partial charge in [0, 0.05) is 5.56 Å². The Morgan fingerprint density at radius 1 is 1.37 bits per heavy atom. The molecule has 1 atom stereocenters. The van der Waals surface area contributed by atoms with Gasteiger partial charge in [0.15, 0.2) is 0 Å². The Hall–Kier alpha value is -0.850.